The van der Waals surface area contributed by atoms with Crippen LogP contribution in [0.15, 0.2) is 46.6 Å². The van der Waals surface area contributed by atoms with E-state index in [1.807, 2.05) is 30.3 Å². The summed E-state index contributed by atoms with van der Waals surface area (Å²) in [6.45, 7) is 2.32. The van der Waals surface area contributed by atoms with Crippen LogP contribution in [0.1, 0.15) is 51.9 Å². The van der Waals surface area contributed by atoms with Crippen molar-refractivity contribution >= 4 is 28.4 Å². The molecule has 1 amide bonds. The van der Waals surface area contributed by atoms with Crippen molar-refractivity contribution in [1.29, 1.82) is 5.26 Å². The first-order chi connectivity index (χ1) is 13.6. The summed E-state index contributed by atoms with van der Waals surface area (Å²) in [4.78, 5) is 17.3. The lowest BCUT2D eigenvalue weighted by Crippen LogP contribution is -2.42. The van der Waals surface area contributed by atoms with E-state index in [1.165, 1.54) is 35.9 Å². The van der Waals surface area contributed by atoms with Crippen LogP contribution in [0.4, 0.5) is 5.69 Å². The Bertz CT molecular complexity index is 854. The number of nitrogens with zero attached hydrogens (tertiary/aromatic N) is 2. The Morgan fingerprint density at radius 3 is 2.89 bits per heavy atom. The van der Waals surface area contributed by atoms with Gasteiger partial charge < -0.3 is 5.32 Å². The summed E-state index contributed by atoms with van der Waals surface area (Å²) < 4.78 is 0. The van der Waals surface area contributed by atoms with E-state index in [1.54, 1.807) is 0 Å². The van der Waals surface area contributed by atoms with Gasteiger partial charge in [-0.15, -0.1) is 0 Å². The molecule has 1 spiro atoms. The minimum absolute atomic E-state index is 0.0434. The van der Waals surface area contributed by atoms with E-state index in [4.69, 9.17) is 4.99 Å². The van der Waals surface area contributed by atoms with E-state index in [2.05, 4.69) is 18.3 Å². The zero-order valence-corrected chi connectivity index (χ0v) is 17.2. The van der Waals surface area contributed by atoms with Gasteiger partial charge in [0.05, 0.1) is 16.9 Å². The minimum atomic E-state index is -0.207. The molecule has 0 saturated heterocycles. The van der Waals surface area contributed by atoms with Gasteiger partial charge in [0.15, 0.2) is 0 Å². The number of hydrogen-bond acceptors (Lipinski definition) is 4. The standard InChI is InChI=1S/C23H27N3OS/c1-16-7-6-12-23(13-16)18-10-5-11-20(18)26-22(19(23)14-24)28-15-21(27)25-17-8-3-2-4-9-17/h2-4,8-9,16,19H,5-7,10-13,15H2,1H3,(H,25,27). The molecule has 1 N–H and O–H groups in total. The first-order valence-corrected chi connectivity index (χ1v) is 11.3. The Morgan fingerprint density at radius 2 is 2.14 bits per heavy atom. The second kappa shape index (κ2) is 8.13. The second-order valence-corrected chi connectivity index (χ2v) is 9.35. The normalized spacial score (nSPS) is 29.2. The molecule has 1 aromatic carbocycles. The average molecular weight is 394 g/mol. The van der Waals surface area contributed by atoms with Gasteiger partial charge in [0.1, 0.15) is 5.92 Å². The van der Waals surface area contributed by atoms with E-state index in [-0.39, 0.29) is 17.2 Å². The van der Waals surface area contributed by atoms with Crippen molar-refractivity contribution in [3.63, 3.8) is 0 Å². The van der Waals surface area contributed by atoms with Crippen LogP contribution >= 0.6 is 11.8 Å². The number of benzene rings is 1. The highest BCUT2D eigenvalue weighted by molar-refractivity contribution is 8.14. The van der Waals surface area contributed by atoms with Crippen molar-refractivity contribution in [2.24, 2.45) is 22.2 Å². The van der Waals surface area contributed by atoms with Crippen molar-refractivity contribution in [2.75, 3.05) is 11.1 Å². The number of rotatable bonds is 3. The molecular weight excluding hydrogens is 366 g/mol. The molecule has 3 aliphatic rings. The van der Waals surface area contributed by atoms with Gasteiger partial charge in [0, 0.05) is 16.8 Å². The summed E-state index contributed by atoms with van der Waals surface area (Å²) in [5, 5.41) is 13.9. The molecule has 28 heavy (non-hydrogen) atoms. The van der Waals surface area contributed by atoms with Crippen molar-refractivity contribution < 1.29 is 4.79 Å². The van der Waals surface area contributed by atoms with Crippen molar-refractivity contribution in [3.8, 4) is 6.07 Å². The fraction of sp³-hybridized carbons (Fsp3) is 0.522. The Hall–Kier alpha value is -2.06. The third-order valence-electron chi connectivity index (χ3n) is 6.40. The Labute approximate surface area is 171 Å². The third-order valence-corrected chi connectivity index (χ3v) is 7.43. The largest absolute Gasteiger partial charge is 0.325 e. The molecule has 3 atom stereocenters. The molecule has 1 heterocycles. The summed E-state index contributed by atoms with van der Waals surface area (Å²) in [6, 6.07) is 12.1. The Kier molecular flexibility index (Phi) is 5.59. The van der Waals surface area contributed by atoms with Crippen LogP contribution in [0.3, 0.4) is 0 Å². The SMILES string of the molecule is CC1CCCC2(C1)C1=C(CCC1)N=C(SCC(=O)Nc1ccccc1)C2C#N. The van der Waals surface area contributed by atoms with E-state index in [9.17, 15) is 10.1 Å². The van der Waals surface area contributed by atoms with Gasteiger partial charge in [-0.1, -0.05) is 49.7 Å². The molecule has 1 aromatic rings. The number of anilines is 1. The first kappa shape index (κ1) is 19.3. The molecule has 0 bridgehead atoms. The maximum absolute atomic E-state index is 12.4. The van der Waals surface area contributed by atoms with Crippen LogP contribution in [0.2, 0.25) is 0 Å². The first-order valence-electron chi connectivity index (χ1n) is 10.3. The van der Waals surface area contributed by atoms with Gasteiger partial charge in [-0.3, -0.25) is 4.79 Å². The quantitative estimate of drug-likeness (QED) is 0.733. The van der Waals surface area contributed by atoms with Gasteiger partial charge in [-0.05, 0) is 55.7 Å². The van der Waals surface area contributed by atoms with E-state index < -0.39 is 0 Å². The second-order valence-electron chi connectivity index (χ2n) is 8.35. The monoisotopic (exact) mass is 393 g/mol. The van der Waals surface area contributed by atoms with Crippen LogP contribution in [0.5, 0.6) is 0 Å². The van der Waals surface area contributed by atoms with Crippen molar-refractivity contribution in [1.82, 2.24) is 0 Å². The molecule has 5 heteroatoms. The number of thioether (sulfide) groups is 1. The number of aliphatic imine (C=N–C) groups is 1. The maximum Gasteiger partial charge on any atom is 0.234 e. The molecule has 4 nitrogen and oxygen atoms in total. The highest BCUT2D eigenvalue weighted by Gasteiger charge is 2.51. The van der Waals surface area contributed by atoms with Crippen LogP contribution in [0, 0.1) is 28.6 Å². The number of carbonyl (C=O) groups excluding carboxylic acids is 1. The highest BCUT2D eigenvalue weighted by Crippen LogP contribution is 2.57. The number of nitriles is 1. The molecular formula is C23H27N3OS. The average Bonchev–Trinajstić information content (AvgIpc) is 3.17. The number of amides is 1. The summed E-state index contributed by atoms with van der Waals surface area (Å²) in [7, 11) is 0. The van der Waals surface area contributed by atoms with E-state index >= 15 is 0 Å². The third kappa shape index (κ3) is 3.63. The van der Waals surface area contributed by atoms with Gasteiger partial charge in [0.25, 0.3) is 0 Å². The van der Waals surface area contributed by atoms with Crippen LogP contribution in [0.25, 0.3) is 0 Å². The predicted octanol–water partition coefficient (Wildman–Crippen LogP) is 5.54. The van der Waals surface area contributed by atoms with Gasteiger partial charge in [0.2, 0.25) is 5.91 Å². The van der Waals surface area contributed by atoms with Crippen molar-refractivity contribution in [2.45, 2.75) is 51.9 Å². The van der Waals surface area contributed by atoms with Gasteiger partial charge in [-0.25, -0.2) is 4.99 Å². The van der Waals surface area contributed by atoms with Gasteiger partial charge in [-0.2, -0.15) is 5.26 Å². The molecule has 146 valence electrons. The smallest absolute Gasteiger partial charge is 0.234 e. The van der Waals surface area contributed by atoms with E-state index in [0.29, 0.717) is 11.7 Å². The number of allylic oxidation sites excluding steroid dienone is 2. The molecule has 1 aliphatic heterocycles. The summed E-state index contributed by atoms with van der Waals surface area (Å²) in [6.07, 6.45) is 7.86. The van der Waals surface area contributed by atoms with Crippen LogP contribution in [-0.2, 0) is 4.79 Å². The van der Waals surface area contributed by atoms with E-state index in [0.717, 1.165) is 42.8 Å². The fourth-order valence-electron chi connectivity index (χ4n) is 5.28. The number of carbonyl (C=O) groups is 1. The summed E-state index contributed by atoms with van der Waals surface area (Å²) in [5.74, 6) is 0.680. The predicted molar refractivity (Wildman–Crippen MR) is 115 cm³/mol. The molecule has 0 aromatic heterocycles. The topological polar surface area (TPSA) is 65.2 Å². The zero-order valence-electron chi connectivity index (χ0n) is 16.4. The number of hydrogen-bond donors (Lipinski definition) is 1. The molecule has 1 fully saturated rings. The zero-order chi connectivity index (χ0) is 19.6. The fourth-order valence-corrected chi connectivity index (χ4v) is 6.25. The lowest BCUT2D eigenvalue weighted by molar-refractivity contribution is -0.113. The molecule has 3 unspecified atom stereocenters. The molecule has 4 rings (SSSR count). The van der Waals surface area contributed by atoms with Crippen molar-refractivity contribution in [3.05, 3.63) is 41.6 Å². The van der Waals surface area contributed by atoms with Gasteiger partial charge >= 0.3 is 0 Å². The van der Waals surface area contributed by atoms with Crippen LogP contribution < -0.4 is 5.32 Å². The molecule has 1 saturated carbocycles. The minimum Gasteiger partial charge on any atom is -0.325 e. The lowest BCUT2D eigenvalue weighted by Gasteiger charge is -2.46. The summed E-state index contributed by atoms with van der Waals surface area (Å²) in [5.41, 5.74) is 3.43. The highest BCUT2D eigenvalue weighted by atomic mass is 32.2. The molecule has 2 aliphatic carbocycles. The number of fused-ring (bicyclic) bond motifs is 1. The maximum atomic E-state index is 12.4. The Morgan fingerprint density at radius 1 is 1.32 bits per heavy atom. The number of para-hydroxylation sites is 1. The summed E-state index contributed by atoms with van der Waals surface area (Å²) >= 11 is 1.46. The Balaban J connectivity index is 1.53. The molecule has 0 radical (unpaired) electrons. The lowest BCUT2D eigenvalue weighted by atomic mass is 9.58. The number of nitrogens with one attached hydrogen (secondary N) is 1. The van der Waals surface area contributed by atoms with Crippen LogP contribution in [-0.4, -0.2) is 16.7 Å².